The summed E-state index contributed by atoms with van der Waals surface area (Å²) in [6.07, 6.45) is 18.1. The van der Waals surface area contributed by atoms with Crippen LogP contribution in [0.5, 0.6) is 0 Å². The van der Waals surface area contributed by atoms with Crippen molar-refractivity contribution in [1.82, 2.24) is 0 Å². The molecule has 282 valence electrons. The van der Waals surface area contributed by atoms with Gasteiger partial charge in [-0.3, -0.25) is 0 Å². The van der Waals surface area contributed by atoms with Crippen molar-refractivity contribution >= 4 is 16.9 Å². The molecule has 3 aliphatic rings. The van der Waals surface area contributed by atoms with Crippen LogP contribution < -0.4 is 5.32 Å². The van der Waals surface area contributed by atoms with Gasteiger partial charge in [0.1, 0.15) is 0 Å². The SMILES string of the molecule is C=C(/C=C\CCC)c1ccccc1Nc1ccc2c(c1)C(C)(C)c1cc(C)ccc1-2.CC1=CCCC=C1.CCCc1ccc2c(c1)C(C)(C)c1ccccc1-2. The quantitative estimate of drug-likeness (QED) is 0.157. The van der Waals surface area contributed by atoms with Gasteiger partial charge in [0, 0.05) is 27.8 Å². The Morgan fingerprint density at radius 2 is 1.31 bits per heavy atom. The van der Waals surface area contributed by atoms with Crippen LogP contribution in [0.25, 0.3) is 27.8 Å². The van der Waals surface area contributed by atoms with E-state index in [1.807, 2.05) is 0 Å². The zero-order valence-electron chi connectivity index (χ0n) is 34.7. The van der Waals surface area contributed by atoms with E-state index in [9.17, 15) is 0 Å². The zero-order chi connectivity index (χ0) is 39.2. The van der Waals surface area contributed by atoms with E-state index >= 15 is 0 Å². The lowest BCUT2D eigenvalue weighted by Crippen LogP contribution is -2.15. The van der Waals surface area contributed by atoms with Gasteiger partial charge in [0.2, 0.25) is 0 Å². The Balaban J connectivity index is 0.000000172. The summed E-state index contributed by atoms with van der Waals surface area (Å²) in [5.74, 6) is 0. The molecule has 1 heteroatoms. The van der Waals surface area contributed by atoms with Crippen LogP contribution in [0.1, 0.15) is 120 Å². The third-order valence-corrected chi connectivity index (χ3v) is 11.5. The molecule has 0 heterocycles. The number of allylic oxidation sites excluding steroid dienone is 7. The maximum Gasteiger partial charge on any atom is 0.0463 e. The van der Waals surface area contributed by atoms with Gasteiger partial charge in [0.05, 0.1) is 0 Å². The van der Waals surface area contributed by atoms with Gasteiger partial charge in [-0.25, -0.2) is 0 Å². The first-order valence-corrected chi connectivity index (χ1v) is 20.5. The summed E-state index contributed by atoms with van der Waals surface area (Å²) >= 11 is 0. The van der Waals surface area contributed by atoms with Crippen molar-refractivity contribution in [3.63, 3.8) is 0 Å². The first-order chi connectivity index (χ1) is 26.4. The molecule has 0 aliphatic heterocycles. The van der Waals surface area contributed by atoms with Crippen molar-refractivity contribution in [2.45, 2.75) is 105 Å². The van der Waals surface area contributed by atoms with Crippen LogP contribution in [-0.2, 0) is 17.3 Å². The molecule has 0 atom stereocenters. The Morgan fingerprint density at radius 3 is 2.00 bits per heavy atom. The molecule has 0 fully saturated rings. The molecule has 0 saturated heterocycles. The van der Waals surface area contributed by atoms with Crippen molar-refractivity contribution in [2.24, 2.45) is 0 Å². The molecular weight excluding hydrogens is 663 g/mol. The van der Waals surface area contributed by atoms with E-state index in [0.29, 0.717) is 0 Å². The second kappa shape index (κ2) is 17.1. The molecule has 5 aromatic rings. The fourth-order valence-electron chi connectivity index (χ4n) is 8.38. The number of fused-ring (bicyclic) bond motifs is 6. The van der Waals surface area contributed by atoms with E-state index in [2.05, 4.69) is 201 Å². The van der Waals surface area contributed by atoms with E-state index < -0.39 is 0 Å². The summed E-state index contributed by atoms with van der Waals surface area (Å²) in [5, 5.41) is 3.65. The molecule has 0 aromatic heterocycles. The Hall–Kier alpha value is -5.14. The lowest BCUT2D eigenvalue weighted by molar-refractivity contribution is 0.659. The summed E-state index contributed by atoms with van der Waals surface area (Å²) in [7, 11) is 0. The van der Waals surface area contributed by atoms with Gasteiger partial charge < -0.3 is 5.32 Å². The standard InChI is InChI=1S/C29H31N.C18H20.C7H10/c1-6-7-8-11-21(3)23-12-9-10-13-28(23)30-22-15-17-25-24-16-14-20(2)18-26(24)29(4,5)27(25)19-22;1-4-7-13-10-11-15-14-8-5-6-9-16(14)18(2,3)17(15)12-13;1-7-5-3-2-4-6-7/h8-19,30H,3,6-7H2,1-2,4-5H3;5-6,8-12H,4,7H2,1-3H3;3,5-6H,2,4H2,1H3/b11-8-;;. The molecule has 3 aliphatic carbocycles. The van der Waals surface area contributed by atoms with E-state index in [0.717, 1.165) is 35.4 Å². The van der Waals surface area contributed by atoms with Crippen molar-refractivity contribution in [3.05, 3.63) is 185 Å². The molecule has 1 nitrogen and oxygen atoms in total. The summed E-state index contributed by atoms with van der Waals surface area (Å²) in [6, 6.07) is 37.8. The molecular formula is C54H61N. The lowest BCUT2D eigenvalue weighted by atomic mass is 9.82. The number of hydrogen-bond donors (Lipinski definition) is 1. The Bertz CT molecular complexity index is 2250. The first-order valence-electron chi connectivity index (χ1n) is 20.5. The molecule has 0 spiro atoms. The van der Waals surface area contributed by atoms with E-state index in [4.69, 9.17) is 0 Å². The van der Waals surface area contributed by atoms with Crippen LogP contribution in [0, 0.1) is 6.92 Å². The fourth-order valence-corrected chi connectivity index (χ4v) is 8.38. The van der Waals surface area contributed by atoms with Crippen LogP contribution >= 0.6 is 0 Å². The van der Waals surface area contributed by atoms with Crippen LogP contribution in [-0.4, -0.2) is 0 Å². The number of anilines is 2. The van der Waals surface area contributed by atoms with Gasteiger partial charge in [-0.15, -0.1) is 0 Å². The number of rotatable bonds is 8. The molecule has 1 N–H and O–H groups in total. The third kappa shape index (κ3) is 8.57. The van der Waals surface area contributed by atoms with Crippen LogP contribution in [0.4, 0.5) is 11.4 Å². The Morgan fingerprint density at radius 1 is 0.673 bits per heavy atom. The molecule has 5 aromatic carbocycles. The number of unbranched alkanes of at least 4 members (excludes halogenated alkanes) is 1. The largest absolute Gasteiger partial charge is 0.355 e. The second-order valence-electron chi connectivity index (χ2n) is 16.5. The highest BCUT2D eigenvalue weighted by Gasteiger charge is 2.36. The zero-order valence-corrected chi connectivity index (χ0v) is 34.7. The monoisotopic (exact) mass is 723 g/mol. The van der Waals surface area contributed by atoms with Gasteiger partial charge in [0.15, 0.2) is 0 Å². The third-order valence-electron chi connectivity index (χ3n) is 11.5. The predicted octanol–water partition coefficient (Wildman–Crippen LogP) is 15.6. The van der Waals surface area contributed by atoms with E-state index in [-0.39, 0.29) is 10.8 Å². The average molecular weight is 724 g/mol. The predicted molar refractivity (Wildman–Crippen MR) is 242 cm³/mol. The van der Waals surface area contributed by atoms with Crippen LogP contribution in [0.2, 0.25) is 0 Å². The van der Waals surface area contributed by atoms with Crippen LogP contribution in [0.15, 0.2) is 146 Å². The highest BCUT2D eigenvalue weighted by atomic mass is 14.9. The molecule has 0 radical (unpaired) electrons. The smallest absolute Gasteiger partial charge is 0.0463 e. The number of para-hydroxylation sites is 1. The summed E-state index contributed by atoms with van der Waals surface area (Å²) in [6.45, 7) is 22.4. The summed E-state index contributed by atoms with van der Waals surface area (Å²) < 4.78 is 0. The highest BCUT2D eigenvalue weighted by molar-refractivity contribution is 5.86. The molecule has 0 amide bonds. The Labute approximate surface area is 332 Å². The van der Waals surface area contributed by atoms with Crippen molar-refractivity contribution in [3.8, 4) is 22.3 Å². The minimum absolute atomic E-state index is 0.000379. The molecule has 0 unspecified atom stereocenters. The molecule has 0 bridgehead atoms. The van der Waals surface area contributed by atoms with E-state index in [1.165, 1.54) is 86.9 Å². The van der Waals surface area contributed by atoms with Crippen molar-refractivity contribution < 1.29 is 0 Å². The summed E-state index contributed by atoms with van der Waals surface area (Å²) in [5.41, 5.74) is 20.0. The normalized spacial score (nSPS) is 15.0. The molecule has 8 rings (SSSR count). The van der Waals surface area contributed by atoms with Gasteiger partial charge in [-0.05, 0) is 113 Å². The minimum atomic E-state index is 0.000379. The molecule has 0 saturated carbocycles. The van der Waals surface area contributed by atoms with Crippen molar-refractivity contribution in [1.29, 1.82) is 0 Å². The average Bonchev–Trinajstić information content (AvgIpc) is 3.54. The highest BCUT2D eigenvalue weighted by Crippen LogP contribution is 2.50. The van der Waals surface area contributed by atoms with Gasteiger partial charge in [0.25, 0.3) is 0 Å². The maximum atomic E-state index is 4.29. The number of benzene rings is 5. The number of aryl methyl sites for hydroxylation is 2. The van der Waals surface area contributed by atoms with Crippen LogP contribution in [0.3, 0.4) is 0 Å². The van der Waals surface area contributed by atoms with E-state index in [1.54, 1.807) is 0 Å². The number of nitrogens with one attached hydrogen (secondary N) is 1. The topological polar surface area (TPSA) is 12.0 Å². The maximum absolute atomic E-state index is 4.29. The fraction of sp³-hybridized carbons (Fsp3) is 0.296. The minimum Gasteiger partial charge on any atom is -0.355 e. The van der Waals surface area contributed by atoms with Crippen molar-refractivity contribution in [2.75, 3.05) is 5.32 Å². The van der Waals surface area contributed by atoms with Gasteiger partial charge in [-0.1, -0.05) is 187 Å². The first kappa shape index (κ1) is 39.6. The second-order valence-corrected chi connectivity index (χ2v) is 16.5. The van der Waals surface area contributed by atoms with Gasteiger partial charge in [-0.2, -0.15) is 0 Å². The van der Waals surface area contributed by atoms with Gasteiger partial charge >= 0.3 is 0 Å². The Kier molecular flexibility index (Phi) is 12.3. The lowest BCUT2D eigenvalue weighted by Gasteiger charge is -2.22. The number of hydrogen-bond acceptors (Lipinski definition) is 1. The summed E-state index contributed by atoms with van der Waals surface area (Å²) in [4.78, 5) is 0. The molecule has 55 heavy (non-hydrogen) atoms.